The summed E-state index contributed by atoms with van der Waals surface area (Å²) in [6, 6.07) is 0. The molecule has 0 atom stereocenters. The second-order valence-electron chi connectivity index (χ2n) is 1.63. The van der Waals surface area contributed by atoms with Gasteiger partial charge in [-0.2, -0.15) is 0 Å². The van der Waals surface area contributed by atoms with Crippen LogP contribution in [0.5, 0.6) is 0 Å². The summed E-state index contributed by atoms with van der Waals surface area (Å²) in [5, 5.41) is -1.02. The maximum atomic E-state index is 11.4. The molecule has 0 saturated carbocycles. The molecule has 9 heavy (non-hydrogen) atoms. The van der Waals surface area contributed by atoms with Gasteiger partial charge in [0.05, 0.1) is 0 Å². The average molecular weight is 248 g/mol. The van der Waals surface area contributed by atoms with Gasteiger partial charge < -0.3 is 0 Å². The molecule has 0 spiro atoms. The summed E-state index contributed by atoms with van der Waals surface area (Å²) in [6.07, 6.45) is -4.21. The zero-order chi connectivity index (χ0) is 7.71. The number of hydrogen-bond donors (Lipinski definition) is 0. The Balaban J connectivity index is 3.75. The van der Waals surface area contributed by atoms with Crippen molar-refractivity contribution in [3.05, 3.63) is 0 Å². The van der Waals surface area contributed by atoms with Crippen molar-refractivity contribution in [2.75, 3.05) is 0 Å². The summed E-state index contributed by atoms with van der Waals surface area (Å²) in [4.78, 5) is 0. The topological polar surface area (TPSA) is 0 Å². The van der Waals surface area contributed by atoms with Crippen LogP contribution in [-0.2, 0) is 0 Å². The molecule has 0 aliphatic heterocycles. The van der Waals surface area contributed by atoms with E-state index < -0.39 is 22.5 Å². The fourth-order valence-corrected chi connectivity index (χ4v) is 2.78. The maximum absolute atomic E-state index is 11.4. The molecule has 0 radical (unpaired) electrons. The first kappa shape index (κ1) is 9.89. The van der Waals surface area contributed by atoms with Crippen molar-refractivity contribution in [3.8, 4) is 0 Å². The van der Waals surface area contributed by atoms with Gasteiger partial charge >= 0.3 is 61.7 Å². The van der Waals surface area contributed by atoms with Gasteiger partial charge in [-0.15, -0.1) is 0 Å². The third kappa shape index (κ3) is 8.89. The van der Waals surface area contributed by atoms with Crippen molar-refractivity contribution in [1.29, 1.82) is 0 Å². The molecule has 0 aliphatic rings. The predicted molar refractivity (Wildman–Crippen MR) is 34.2 cm³/mol. The van der Waals surface area contributed by atoms with E-state index in [4.69, 9.17) is 20.2 Å². The summed E-state index contributed by atoms with van der Waals surface area (Å²) in [7, 11) is 10.4. The predicted octanol–water partition coefficient (Wildman–Crippen LogP) is 3.10. The Bertz CT molecular complexity index is 82.2. The average Bonchev–Trinajstić information content (AvgIpc) is 1.14. The molecule has 0 N–H and O–H groups in total. The van der Waals surface area contributed by atoms with E-state index in [2.05, 4.69) is 0 Å². The Morgan fingerprint density at radius 3 is 1.67 bits per heavy atom. The molecule has 0 aliphatic carbocycles. The summed E-state index contributed by atoms with van der Waals surface area (Å²) in [5.74, 6) is 1.26. The molecule has 0 heterocycles. The summed E-state index contributed by atoms with van der Waals surface area (Å²) in [5.41, 5.74) is 0. The van der Waals surface area contributed by atoms with Crippen LogP contribution in [0.25, 0.3) is 0 Å². The third-order valence-corrected chi connectivity index (χ3v) is 3.30. The van der Waals surface area contributed by atoms with Crippen LogP contribution in [0.15, 0.2) is 0 Å². The van der Waals surface area contributed by atoms with Gasteiger partial charge in [-0.3, -0.25) is 0 Å². The van der Waals surface area contributed by atoms with Gasteiger partial charge in [0.15, 0.2) is 0 Å². The van der Waals surface area contributed by atoms with Crippen LogP contribution in [-0.4, -0.2) is 17.2 Å². The van der Waals surface area contributed by atoms with Crippen LogP contribution < -0.4 is 0 Å². The first-order valence-corrected chi connectivity index (χ1v) is 9.35. The number of rotatable bonds is 1. The van der Waals surface area contributed by atoms with Gasteiger partial charge in [0.25, 0.3) is 0 Å². The Kier molecular flexibility index (Phi) is 3.15. The molecule has 0 aromatic carbocycles. The number of alkyl halides is 3. The van der Waals surface area contributed by atoms with Gasteiger partial charge in [-0.25, -0.2) is 0 Å². The fourth-order valence-electron chi connectivity index (χ4n) is 0.287. The Hall–Kier alpha value is 0.889. The zero-order valence-corrected chi connectivity index (χ0v) is 7.73. The van der Waals surface area contributed by atoms with Gasteiger partial charge in [-0.1, -0.05) is 0 Å². The van der Waals surface area contributed by atoms with Gasteiger partial charge in [0.2, 0.25) is 0 Å². The van der Waals surface area contributed by atoms with Crippen LogP contribution in [0.4, 0.5) is 13.2 Å². The fraction of sp³-hybridized carbons (Fsp3) is 1.00. The van der Waals surface area contributed by atoms with E-state index in [0.29, 0.717) is 0 Å². The van der Waals surface area contributed by atoms with Crippen molar-refractivity contribution in [2.45, 2.75) is 17.3 Å². The van der Waals surface area contributed by atoms with Gasteiger partial charge in [0, 0.05) is 0 Å². The van der Waals surface area contributed by atoms with Crippen LogP contribution in [0.2, 0.25) is 11.1 Å². The second kappa shape index (κ2) is 2.87. The molecule has 0 rings (SSSR count). The van der Waals surface area contributed by atoms with E-state index in [1.54, 1.807) is 0 Å². The summed E-state index contributed by atoms with van der Waals surface area (Å²) < 4.78 is 34.3. The van der Waals surface area contributed by atoms with Crippen molar-refractivity contribution >= 4 is 31.2 Å². The Morgan fingerprint density at radius 2 is 1.67 bits per heavy atom. The minimum atomic E-state index is -4.21. The van der Waals surface area contributed by atoms with E-state index in [1.165, 1.54) is 5.82 Å². The SMILES string of the molecule is C[Se](Cl)(Cl)CC(F)(F)F. The van der Waals surface area contributed by atoms with Crippen LogP contribution in [0, 0.1) is 0 Å². The van der Waals surface area contributed by atoms with E-state index in [9.17, 15) is 13.2 Å². The first-order valence-electron chi connectivity index (χ1n) is 1.93. The van der Waals surface area contributed by atoms with Crippen LogP contribution >= 0.6 is 20.2 Å². The zero-order valence-electron chi connectivity index (χ0n) is 4.51. The molecule has 58 valence electrons. The third-order valence-electron chi connectivity index (χ3n) is 0.417. The van der Waals surface area contributed by atoms with E-state index in [1.807, 2.05) is 0 Å². The van der Waals surface area contributed by atoms with Crippen LogP contribution in [0.3, 0.4) is 0 Å². The van der Waals surface area contributed by atoms with E-state index >= 15 is 0 Å². The quantitative estimate of drug-likeness (QED) is 0.625. The molecular formula is C3H5Cl2F3Se. The normalized spacial score (nSPS) is 15.8. The number of halogens is 5. The Morgan fingerprint density at radius 1 is 1.33 bits per heavy atom. The summed E-state index contributed by atoms with van der Waals surface area (Å²) in [6.45, 7) is 0. The molecule has 0 nitrogen and oxygen atoms in total. The summed E-state index contributed by atoms with van der Waals surface area (Å²) >= 11 is -3.13. The minimum absolute atomic E-state index is 1.02. The number of hydrogen-bond acceptors (Lipinski definition) is 0. The van der Waals surface area contributed by atoms with E-state index in [-0.39, 0.29) is 0 Å². The monoisotopic (exact) mass is 248 g/mol. The molecule has 0 unspecified atom stereocenters. The second-order valence-corrected chi connectivity index (χ2v) is 13.8. The van der Waals surface area contributed by atoms with Gasteiger partial charge in [-0.05, 0) is 0 Å². The van der Waals surface area contributed by atoms with Crippen molar-refractivity contribution in [3.63, 3.8) is 0 Å². The van der Waals surface area contributed by atoms with E-state index in [0.717, 1.165) is 0 Å². The van der Waals surface area contributed by atoms with Gasteiger partial charge in [0.1, 0.15) is 0 Å². The van der Waals surface area contributed by atoms with Crippen LogP contribution in [0.1, 0.15) is 0 Å². The van der Waals surface area contributed by atoms with Crippen molar-refractivity contribution in [1.82, 2.24) is 0 Å². The first-order chi connectivity index (χ1) is 3.71. The molecule has 0 aromatic rings. The Labute approximate surface area is 62.0 Å². The molecule has 0 saturated heterocycles. The molecule has 0 fully saturated rings. The molecule has 0 amide bonds. The molecule has 0 bridgehead atoms. The van der Waals surface area contributed by atoms with Crippen molar-refractivity contribution in [2.24, 2.45) is 0 Å². The molecule has 0 aromatic heterocycles. The standard InChI is InChI=1S/C3H5Cl2F3Se/c1-9(4,5)2-3(6,7)8/h2H2,1H3. The van der Waals surface area contributed by atoms with Crippen molar-refractivity contribution < 1.29 is 13.2 Å². The molecule has 6 heteroatoms. The molecular weight excluding hydrogens is 243 g/mol.